The number of hydrogen-bond acceptors (Lipinski definition) is 7. The SMILES string of the molecule is c1ccc(Cn2nc(CNCCSc3nnnn3-c3ccccc3)c(-c3ccccc3)n2)cc1. The Bertz CT molecular complexity index is 1300. The van der Waals surface area contributed by atoms with Crippen LogP contribution in [-0.4, -0.2) is 47.5 Å². The van der Waals surface area contributed by atoms with E-state index in [0.29, 0.717) is 13.1 Å². The molecule has 2 heterocycles. The van der Waals surface area contributed by atoms with Crippen LogP contribution in [0.25, 0.3) is 16.9 Å². The highest BCUT2D eigenvalue weighted by Crippen LogP contribution is 2.21. The van der Waals surface area contributed by atoms with Crippen LogP contribution in [0.2, 0.25) is 0 Å². The average molecular weight is 469 g/mol. The quantitative estimate of drug-likeness (QED) is 0.246. The zero-order valence-corrected chi connectivity index (χ0v) is 19.3. The molecule has 5 aromatic rings. The Hall–Kier alpha value is -3.82. The Morgan fingerprint density at radius 2 is 1.50 bits per heavy atom. The fraction of sp³-hybridized carbons (Fsp3) is 0.160. The van der Waals surface area contributed by atoms with Gasteiger partial charge in [0, 0.05) is 24.4 Å². The molecule has 9 heteroatoms. The molecule has 34 heavy (non-hydrogen) atoms. The van der Waals surface area contributed by atoms with Crippen molar-refractivity contribution >= 4 is 11.8 Å². The minimum absolute atomic E-state index is 0.628. The molecule has 0 bridgehead atoms. The lowest BCUT2D eigenvalue weighted by atomic mass is 10.1. The summed E-state index contributed by atoms with van der Waals surface area (Å²) in [6.45, 7) is 2.05. The Kier molecular flexibility index (Phi) is 7.03. The van der Waals surface area contributed by atoms with Gasteiger partial charge in [0.1, 0.15) is 11.4 Å². The number of hydrogen-bond donors (Lipinski definition) is 1. The standard InChI is InChI=1S/C25H24N8S/c1-4-10-20(11-5-1)19-32-28-23(24(29-32)21-12-6-2-7-13-21)18-26-16-17-34-25-27-30-31-33(25)22-14-8-3-9-15-22/h1-15,26H,16-19H2. The maximum Gasteiger partial charge on any atom is 0.214 e. The minimum Gasteiger partial charge on any atom is -0.310 e. The summed E-state index contributed by atoms with van der Waals surface area (Å²) >= 11 is 1.61. The molecular formula is C25H24N8S. The smallest absolute Gasteiger partial charge is 0.214 e. The normalized spacial score (nSPS) is 11.1. The van der Waals surface area contributed by atoms with E-state index in [9.17, 15) is 0 Å². The summed E-state index contributed by atoms with van der Waals surface area (Å²) in [4.78, 5) is 1.78. The third-order valence-electron chi connectivity index (χ3n) is 5.18. The van der Waals surface area contributed by atoms with Gasteiger partial charge in [-0.3, -0.25) is 0 Å². The van der Waals surface area contributed by atoms with Crippen molar-refractivity contribution in [3.8, 4) is 16.9 Å². The lowest BCUT2D eigenvalue weighted by molar-refractivity contribution is 0.579. The molecule has 0 atom stereocenters. The number of para-hydroxylation sites is 1. The molecule has 0 aliphatic heterocycles. The number of nitrogens with zero attached hydrogens (tertiary/aromatic N) is 7. The molecule has 0 radical (unpaired) electrons. The maximum atomic E-state index is 4.79. The van der Waals surface area contributed by atoms with Crippen molar-refractivity contribution in [1.29, 1.82) is 0 Å². The van der Waals surface area contributed by atoms with E-state index in [2.05, 4.69) is 45.1 Å². The lowest BCUT2D eigenvalue weighted by Gasteiger charge is -2.05. The molecule has 3 aromatic carbocycles. The number of thioether (sulfide) groups is 1. The van der Waals surface area contributed by atoms with Crippen LogP contribution in [0.1, 0.15) is 11.3 Å². The third-order valence-corrected chi connectivity index (χ3v) is 6.10. The van der Waals surface area contributed by atoms with Gasteiger partial charge in [0.05, 0.1) is 12.2 Å². The molecule has 0 unspecified atom stereocenters. The van der Waals surface area contributed by atoms with Crippen molar-refractivity contribution in [1.82, 2.24) is 40.5 Å². The summed E-state index contributed by atoms with van der Waals surface area (Å²) in [5, 5.41) is 25.9. The van der Waals surface area contributed by atoms with E-state index < -0.39 is 0 Å². The van der Waals surface area contributed by atoms with E-state index in [1.165, 1.54) is 5.56 Å². The van der Waals surface area contributed by atoms with E-state index in [4.69, 9.17) is 10.2 Å². The largest absolute Gasteiger partial charge is 0.310 e. The lowest BCUT2D eigenvalue weighted by Crippen LogP contribution is -2.18. The molecule has 0 fully saturated rings. The van der Waals surface area contributed by atoms with Crippen LogP contribution in [-0.2, 0) is 13.1 Å². The second-order valence-corrected chi connectivity index (χ2v) is 8.67. The van der Waals surface area contributed by atoms with Crippen LogP contribution in [0, 0.1) is 0 Å². The molecule has 0 spiro atoms. The molecule has 0 saturated heterocycles. The summed E-state index contributed by atoms with van der Waals surface area (Å²) in [5.41, 5.74) is 5.02. The second kappa shape index (κ2) is 10.9. The van der Waals surface area contributed by atoms with Gasteiger partial charge >= 0.3 is 0 Å². The van der Waals surface area contributed by atoms with Gasteiger partial charge in [0.25, 0.3) is 0 Å². The first kappa shape index (κ1) is 22.0. The molecule has 0 amide bonds. The van der Waals surface area contributed by atoms with Crippen LogP contribution < -0.4 is 5.32 Å². The number of aromatic nitrogens is 7. The van der Waals surface area contributed by atoms with Crippen LogP contribution in [0.4, 0.5) is 0 Å². The summed E-state index contributed by atoms with van der Waals surface area (Å²) < 4.78 is 1.76. The Morgan fingerprint density at radius 1 is 0.794 bits per heavy atom. The van der Waals surface area contributed by atoms with Gasteiger partial charge < -0.3 is 5.32 Å². The highest BCUT2D eigenvalue weighted by atomic mass is 32.2. The van der Waals surface area contributed by atoms with E-state index >= 15 is 0 Å². The molecule has 5 rings (SSSR count). The summed E-state index contributed by atoms with van der Waals surface area (Å²) in [6, 6.07) is 30.4. The Balaban J connectivity index is 1.22. The van der Waals surface area contributed by atoms with Crippen LogP contribution in [0.5, 0.6) is 0 Å². The van der Waals surface area contributed by atoms with Gasteiger partial charge in [-0.1, -0.05) is 90.6 Å². The van der Waals surface area contributed by atoms with Gasteiger partial charge in [-0.15, -0.1) is 5.10 Å². The van der Waals surface area contributed by atoms with Crippen molar-refractivity contribution in [2.75, 3.05) is 12.3 Å². The van der Waals surface area contributed by atoms with Crippen molar-refractivity contribution in [2.24, 2.45) is 0 Å². The minimum atomic E-state index is 0.628. The monoisotopic (exact) mass is 468 g/mol. The zero-order valence-electron chi connectivity index (χ0n) is 18.5. The van der Waals surface area contributed by atoms with Gasteiger partial charge in [0.2, 0.25) is 5.16 Å². The summed E-state index contributed by atoms with van der Waals surface area (Å²) in [5.74, 6) is 0.825. The molecule has 1 N–H and O–H groups in total. The summed E-state index contributed by atoms with van der Waals surface area (Å²) in [6.07, 6.45) is 0. The first-order valence-electron chi connectivity index (χ1n) is 11.1. The van der Waals surface area contributed by atoms with Crippen molar-refractivity contribution in [3.05, 3.63) is 102 Å². The van der Waals surface area contributed by atoms with E-state index in [-0.39, 0.29) is 0 Å². The predicted molar refractivity (Wildman–Crippen MR) is 133 cm³/mol. The summed E-state index contributed by atoms with van der Waals surface area (Å²) in [7, 11) is 0. The topological polar surface area (TPSA) is 86.3 Å². The van der Waals surface area contributed by atoms with Gasteiger partial charge in [-0.05, 0) is 28.1 Å². The molecular weight excluding hydrogens is 444 g/mol. The van der Waals surface area contributed by atoms with Gasteiger partial charge in [-0.2, -0.15) is 19.7 Å². The zero-order chi connectivity index (χ0) is 23.0. The molecule has 0 aliphatic rings. The van der Waals surface area contributed by atoms with E-state index in [1.54, 1.807) is 21.2 Å². The second-order valence-electron chi connectivity index (χ2n) is 7.61. The fourth-order valence-electron chi connectivity index (χ4n) is 3.56. The van der Waals surface area contributed by atoms with Crippen molar-refractivity contribution in [3.63, 3.8) is 0 Å². The molecule has 0 aliphatic carbocycles. The predicted octanol–water partition coefficient (Wildman–Crippen LogP) is 3.85. The average Bonchev–Trinajstić information content (AvgIpc) is 3.53. The third kappa shape index (κ3) is 5.38. The van der Waals surface area contributed by atoms with Crippen LogP contribution in [0.3, 0.4) is 0 Å². The van der Waals surface area contributed by atoms with Gasteiger partial charge in [-0.25, -0.2) is 0 Å². The molecule has 8 nitrogen and oxygen atoms in total. The highest BCUT2D eigenvalue weighted by Gasteiger charge is 2.14. The number of tetrazole rings is 1. The van der Waals surface area contributed by atoms with Crippen LogP contribution in [0.15, 0.2) is 96.2 Å². The molecule has 170 valence electrons. The first-order valence-corrected chi connectivity index (χ1v) is 12.1. The first-order chi connectivity index (χ1) is 16.9. The number of nitrogens with one attached hydrogen (secondary N) is 1. The number of benzene rings is 3. The van der Waals surface area contributed by atoms with Crippen molar-refractivity contribution < 1.29 is 0 Å². The molecule has 2 aromatic heterocycles. The molecule has 0 saturated carbocycles. The van der Waals surface area contributed by atoms with E-state index in [1.807, 2.05) is 66.7 Å². The van der Waals surface area contributed by atoms with Gasteiger partial charge in [0.15, 0.2) is 0 Å². The van der Waals surface area contributed by atoms with Crippen molar-refractivity contribution in [2.45, 2.75) is 18.2 Å². The van der Waals surface area contributed by atoms with E-state index in [0.717, 1.165) is 40.1 Å². The Labute approximate surface area is 202 Å². The Morgan fingerprint density at radius 3 is 2.26 bits per heavy atom. The highest BCUT2D eigenvalue weighted by molar-refractivity contribution is 7.99. The maximum absolute atomic E-state index is 4.79. The number of rotatable bonds is 10. The fourth-order valence-corrected chi connectivity index (χ4v) is 4.35. The van der Waals surface area contributed by atoms with Crippen LogP contribution >= 0.6 is 11.8 Å².